The van der Waals surface area contributed by atoms with Crippen LogP contribution >= 0.6 is 0 Å². The molecule has 1 N–H and O–H groups in total. The van der Waals surface area contributed by atoms with Crippen molar-refractivity contribution in [2.75, 3.05) is 0 Å². The molecule has 104 valence electrons. The Hall–Kier alpha value is -2.29. The van der Waals surface area contributed by atoms with Gasteiger partial charge in [-0.2, -0.15) is 0 Å². The minimum absolute atomic E-state index is 0.181. The molecule has 20 heavy (non-hydrogen) atoms. The van der Waals surface area contributed by atoms with Crippen LogP contribution < -0.4 is 4.74 Å². The first-order valence-corrected chi connectivity index (χ1v) is 6.59. The highest BCUT2D eigenvalue weighted by molar-refractivity contribution is 5.91. The van der Waals surface area contributed by atoms with Gasteiger partial charge in [-0.15, -0.1) is 0 Å². The molecule has 0 amide bonds. The van der Waals surface area contributed by atoms with E-state index in [0.717, 1.165) is 11.1 Å². The van der Waals surface area contributed by atoms with Gasteiger partial charge in [0.2, 0.25) is 0 Å². The van der Waals surface area contributed by atoms with Gasteiger partial charge in [0, 0.05) is 0 Å². The van der Waals surface area contributed by atoms with Crippen molar-refractivity contribution in [2.45, 2.75) is 26.7 Å². The molecular formula is C17H18O3. The molecule has 0 aliphatic rings. The van der Waals surface area contributed by atoms with Gasteiger partial charge in [0.05, 0.1) is 0 Å². The first-order chi connectivity index (χ1) is 9.49. The summed E-state index contributed by atoms with van der Waals surface area (Å²) in [6.45, 7) is 6.05. The van der Waals surface area contributed by atoms with Gasteiger partial charge in [0.25, 0.3) is 0 Å². The van der Waals surface area contributed by atoms with Crippen molar-refractivity contribution in [1.29, 1.82) is 0 Å². The highest BCUT2D eigenvalue weighted by Crippen LogP contribution is 2.30. The SMILES string of the molecule is Cc1cccc(C(=O)O)c1Oc1cccc(C(C)C)c1. The molecule has 3 nitrogen and oxygen atoms in total. The lowest BCUT2D eigenvalue weighted by Crippen LogP contribution is -2.01. The first-order valence-electron chi connectivity index (χ1n) is 6.59. The molecular weight excluding hydrogens is 252 g/mol. The van der Waals surface area contributed by atoms with E-state index in [4.69, 9.17) is 4.74 Å². The van der Waals surface area contributed by atoms with Gasteiger partial charge in [-0.3, -0.25) is 0 Å². The summed E-state index contributed by atoms with van der Waals surface area (Å²) in [6.07, 6.45) is 0. The Bertz CT molecular complexity index is 630. The summed E-state index contributed by atoms with van der Waals surface area (Å²) in [5, 5.41) is 9.23. The number of carboxylic acids is 1. The fraction of sp³-hybridized carbons (Fsp3) is 0.235. The zero-order valence-electron chi connectivity index (χ0n) is 11.9. The van der Waals surface area contributed by atoms with Crippen molar-refractivity contribution in [3.8, 4) is 11.5 Å². The van der Waals surface area contributed by atoms with Crippen LogP contribution in [0.15, 0.2) is 42.5 Å². The van der Waals surface area contributed by atoms with E-state index < -0.39 is 5.97 Å². The Morgan fingerprint density at radius 3 is 2.50 bits per heavy atom. The average molecular weight is 270 g/mol. The number of hydrogen-bond acceptors (Lipinski definition) is 2. The summed E-state index contributed by atoms with van der Waals surface area (Å²) >= 11 is 0. The Balaban J connectivity index is 2.40. The summed E-state index contributed by atoms with van der Waals surface area (Å²) in [5.74, 6) is 0.479. The second kappa shape index (κ2) is 5.78. The standard InChI is InChI=1S/C17H18O3/c1-11(2)13-7-5-8-14(10-13)20-16-12(3)6-4-9-15(16)17(18)19/h4-11H,1-3H3,(H,18,19). The van der Waals surface area contributed by atoms with E-state index in [9.17, 15) is 9.90 Å². The zero-order chi connectivity index (χ0) is 14.7. The Morgan fingerprint density at radius 1 is 1.15 bits per heavy atom. The van der Waals surface area contributed by atoms with Gasteiger partial charge >= 0.3 is 5.97 Å². The smallest absolute Gasteiger partial charge is 0.339 e. The van der Waals surface area contributed by atoms with E-state index in [0.29, 0.717) is 17.4 Å². The number of carboxylic acid groups (broad SMARTS) is 1. The van der Waals surface area contributed by atoms with Crippen LogP contribution in [0, 0.1) is 6.92 Å². The number of benzene rings is 2. The van der Waals surface area contributed by atoms with Crippen molar-refractivity contribution in [2.24, 2.45) is 0 Å². The van der Waals surface area contributed by atoms with E-state index in [1.54, 1.807) is 12.1 Å². The van der Waals surface area contributed by atoms with Gasteiger partial charge in [-0.25, -0.2) is 4.79 Å². The Morgan fingerprint density at radius 2 is 1.85 bits per heavy atom. The Labute approximate surface area is 118 Å². The third-order valence-corrected chi connectivity index (χ3v) is 3.19. The van der Waals surface area contributed by atoms with Crippen molar-refractivity contribution in [3.63, 3.8) is 0 Å². The highest BCUT2D eigenvalue weighted by atomic mass is 16.5. The molecule has 0 spiro atoms. The lowest BCUT2D eigenvalue weighted by atomic mass is 10.0. The largest absolute Gasteiger partial charge is 0.478 e. The van der Waals surface area contributed by atoms with Crippen molar-refractivity contribution < 1.29 is 14.6 Å². The summed E-state index contributed by atoms with van der Waals surface area (Å²) in [7, 11) is 0. The van der Waals surface area contributed by atoms with E-state index in [-0.39, 0.29) is 5.56 Å². The van der Waals surface area contributed by atoms with Crippen LogP contribution in [-0.2, 0) is 0 Å². The fourth-order valence-electron chi connectivity index (χ4n) is 2.01. The maximum atomic E-state index is 11.3. The summed E-state index contributed by atoms with van der Waals surface area (Å²) in [4.78, 5) is 11.3. The van der Waals surface area contributed by atoms with Crippen LogP contribution in [0.4, 0.5) is 0 Å². The van der Waals surface area contributed by atoms with E-state index in [2.05, 4.69) is 13.8 Å². The minimum atomic E-state index is -0.983. The van der Waals surface area contributed by atoms with E-state index >= 15 is 0 Å². The maximum absolute atomic E-state index is 11.3. The molecule has 0 saturated heterocycles. The summed E-state index contributed by atoms with van der Waals surface area (Å²) < 4.78 is 5.81. The lowest BCUT2D eigenvalue weighted by molar-refractivity contribution is 0.0694. The third kappa shape index (κ3) is 2.99. The van der Waals surface area contributed by atoms with Crippen molar-refractivity contribution in [3.05, 3.63) is 59.2 Å². The van der Waals surface area contributed by atoms with Crippen LogP contribution in [0.2, 0.25) is 0 Å². The fourth-order valence-corrected chi connectivity index (χ4v) is 2.01. The molecule has 0 aliphatic carbocycles. The molecule has 0 heterocycles. The second-order valence-electron chi connectivity index (χ2n) is 5.09. The van der Waals surface area contributed by atoms with Crippen molar-refractivity contribution in [1.82, 2.24) is 0 Å². The van der Waals surface area contributed by atoms with Crippen LogP contribution in [0.5, 0.6) is 11.5 Å². The van der Waals surface area contributed by atoms with Crippen molar-refractivity contribution >= 4 is 5.97 Å². The number of hydrogen-bond donors (Lipinski definition) is 1. The van der Waals surface area contributed by atoms with Gasteiger partial charge < -0.3 is 9.84 Å². The normalized spacial score (nSPS) is 10.6. The highest BCUT2D eigenvalue weighted by Gasteiger charge is 2.14. The summed E-state index contributed by atoms with van der Waals surface area (Å²) in [5.41, 5.74) is 2.15. The molecule has 0 unspecified atom stereocenters. The maximum Gasteiger partial charge on any atom is 0.339 e. The molecule has 0 atom stereocenters. The number of aromatic carboxylic acids is 1. The van der Waals surface area contributed by atoms with E-state index in [1.165, 1.54) is 0 Å². The minimum Gasteiger partial charge on any atom is -0.478 e. The van der Waals surface area contributed by atoms with E-state index in [1.807, 2.05) is 37.3 Å². The predicted octanol–water partition coefficient (Wildman–Crippen LogP) is 4.61. The second-order valence-corrected chi connectivity index (χ2v) is 5.09. The number of carbonyl (C=O) groups is 1. The number of para-hydroxylation sites is 1. The number of rotatable bonds is 4. The molecule has 0 aromatic heterocycles. The monoisotopic (exact) mass is 270 g/mol. The molecule has 2 aromatic rings. The molecule has 0 saturated carbocycles. The third-order valence-electron chi connectivity index (χ3n) is 3.19. The summed E-state index contributed by atoms with van der Waals surface area (Å²) in [6, 6.07) is 12.9. The first kappa shape index (κ1) is 14.1. The molecule has 0 radical (unpaired) electrons. The molecule has 0 aliphatic heterocycles. The quantitative estimate of drug-likeness (QED) is 0.882. The van der Waals surface area contributed by atoms with Crippen LogP contribution in [0.3, 0.4) is 0 Å². The van der Waals surface area contributed by atoms with Crippen LogP contribution in [0.1, 0.15) is 41.3 Å². The van der Waals surface area contributed by atoms with Crippen LogP contribution in [0.25, 0.3) is 0 Å². The molecule has 0 fully saturated rings. The molecule has 2 rings (SSSR count). The van der Waals surface area contributed by atoms with Gasteiger partial charge in [-0.05, 0) is 42.2 Å². The molecule has 2 aromatic carbocycles. The zero-order valence-corrected chi connectivity index (χ0v) is 11.9. The van der Waals surface area contributed by atoms with Crippen LogP contribution in [-0.4, -0.2) is 11.1 Å². The molecule has 0 bridgehead atoms. The van der Waals surface area contributed by atoms with Gasteiger partial charge in [-0.1, -0.05) is 38.1 Å². The lowest BCUT2D eigenvalue weighted by Gasteiger charge is -2.13. The van der Waals surface area contributed by atoms with Gasteiger partial charge in [0.15, 0.2) is 0 Å². The topological polar surface area (TPSA) is 46.5 Å². The molecule has 3 heteroatoms. The number of ether oxygens (including phenoxy) is 1. The van der Waals surface area contributed by atoms with Gasteiger partial charge in [0.1, 0.15) is 17.1 Å². The average Bonchev–Trinajstić information content (AvgIpc) is 2.41. The predicted molar refractivity (Wildman–Crippen MR) is 78.7 cm³/mol. The Kier molecular flexibility index (Phi) is 4.08. The number of aryl methyl sites for hydroxylation is 1.